The Labute approximate surface area is 185 Å². The van der Waals surface area contributed by atoms with Gasteiger partial charge in [0.15, 0.2) is 0 Å². The minimum atomic E-state index is -0.518. The number of anilines is 1. The molecule has 3 N–H and O–H groups in total. The number of nitrogens with zero attached hydrogens (tertiary/aromatic N) is 1. The molecule has 7 heteroatoms. The summed E-state index contributed by atoms with van der Waals surface area (Å²) in [6, 6.07) is 19.5. The SMILES string of the molecule is Cc1cc(C=CCNC(=O)OCC2c3ccccc3-c3ccccc32)cc([N+](=O)[O-])c1N. The molecule has 4 rings (SSSR count). The fourth-order valence-electron chi connectivity index (χ4n) is 4.04. The quantitative estimate of drug-likeness (QED) is 0.324. The molecule has 7 nitrogen and oxygen atoms in total. The maximum Gasteiger partial charge on any atom is 0.407 e. The summed E-state index contributed by atoms with van der Waals surface area (Å²) in [6.45, 7) is 2.19. The molecule has 0 unspecified atom stereocenters. The number of fused-ring (bicyclic) bond motifs is 3. The van der Waals surface area contributed by atoms with Crippen LogP contribution in [0.1, 0.15) is 28.2 Å². The van der Waals surface area contributed by atoms with E-state index in [1.165, 1.54) is 17.2 Å². The summed E-state index contributed by atoms with van der Waals surface area (Å²) < 4.78 is 5.49. The summed E-state index contributed by atoms with van der Waals surface area (Å²) in [4.78, 5) is 22.8. The number of ether oxygens (including phenoxy) is 1. The standard InChI is InChI=1S/C25H23N3O4/c1-16-13-17(14-23(24(16)26)28(30)31)7-6-12-27-25(29)32-15-22-20-10-4-2-8-18(20)19-9-3-5-11-21(19)22/h2-11,13-14,22H,12,15,26H2,1H3,(H,27,29). The summed E-state index contributed by atoms with van der Waals surface area (Å²) in [5, 5.41) is 13.8. The first-order valence-electron chi connectivity index (χ1n) is 10.3. The normalized spacial score (nSPS) is 12.4. The first-order valence-corrected chi connectivity index (χ1v) is 10.3. The van der Waals surface area contributed by atoms with Gasteiger partial charge in [0.25, 0.3) is 5.69 Å². The Balaban J connectivity index is 1.34. The van der Waals surface area contributed by atoms with Crippen molar-refractivity contribution in [3.05, 3.63) is 99.1 Å². The van der Waals surface area contributed by atoms with E-state index in [1.807, 2.05) is 24.3 Å². The number of hydrogen-bond donors (Lipinski definition) is 2. The molecule has 0 heterocycles. The highest BCUT2D eigenvalue weighted by atomic mass is 16.6. The van der Waals surface area contributed by atoms with Crippen LogP contribution in [0.2, 0.25) is 0 Å². The van der Waals surface area contributed by atoms with E-state index in [1.54, 1.807) is 25.1 Å². The number of nitrogen functional groups attached to an aromatic ring is 1. The first-order chi connectivity index (χ1) is 15.5. The molecule has 0 spiro atoms. The fraction of sp³-hybridized carbons (Fsp3) is 0.160. The van der Waals surface area contributed by atoms with Crippen LogP contribution in [0.4, 0.5) is 16.2 Å². The lowest BCUT2D eigenvalue weighted by molar-refractivity contribution is -0.383. The van der Waals surface area contributed by atoms with E-state index in [-0.39, 0.29) is 30.4 Å². The third-order valence-corrected chi connectivity index (χ3v) is 5.60. The summed E-state index contributed by atoms with van der Waals surface area (Å²) in [6.07, 6.45) is 2.88. The molecular weight excluding hydrogens is 406 g/mol. The Morgan fingerprint density at radius 2 is 1.75 bits per heavy atom. The number of nitrogens with one attached hydrogen (secondary N) is 1. The number of carbonyl (C=O) groups excluding carboxylic acids is 1. The summed E-state index contributed by atoms with van der Waals surface area (Å²) in [5.74, 6) is 0.00185. The van der Waals surface area contributed by atoms with Gasteiger partial charge in [0.1, 0.15) is 12.3 Å². The van der Waals surface area contributed by atoms with Crippen LogP contribution < -0.4 is 11.1 Å². The van der Waals surface area contributed by atoms with Crippen molar-refractivity contribution in [3.8, 4) is 11.1 Å². The zero-order chi connectivity index (χ0) is 22.7. The molecule has 0 bridgehead atoms. The summed E-state index contributed by atoms with van der Waals surface area (Å²) in [5.41, 5.74) is 11.7. The van der Waals surface area contributed by atoms with E-state index in [0.717, 1.165) is 11.1 Å². The molecule has 0 fully saturated rings. The van der Waals surface area contributed by atoms with Gasteiger partial charge in [-0.2, -0.15) is 0 Å². The van der Waals surface area contributed by atoms with Crippen LogP contribution in [-0.2, 0) is 4.74 Å². The van der Waals surface area contributed by atoms with Crippen LogP contribution in [0.3, 0.4) is 0 Å². The molecule has 1 aliphatic rings. The van der Waals surface area contributed by atoms with Gasteiger partial charge in [-0.3, -0.25) is 10.1 Å². The van der Waals surface area contributed by atoms with Crippen LogP contribution in [0.15, 0.2) is 66.7 Å². The number of amides is 1. The van der Waals surface area contributed by atoms with E-state index >= 15 is 0 Å². The van der Waals surface area contributed by atoms with Crippen LogP contribution in [0.5, 0.6) is 0 Å². The Bertz CT molecular complexity index is 1170. The highest BCUT2D eigenvalue weighted by molar-refractivity contribution is 5.79. The smallest absolute Gasteiger partial charge is 0.407 e. The molecule has 0 aliphatic heterocycles. The lowest BCUT2D eigenvalue weighted by atomic mass is 9.98. The van der Waals surface area contributed by atoms with Crippen molar-refractivity contribution in [1.82, 2.24) is 5.32 Å². The van der Waals surface area contributed by atoms with Crippen LogP contribution in [0.25, 0.3) is 17.2 Å². The first kappa shape index (κ1) is 21.1. The lowest BCUT2D eigenvalue weighted by Crippen LogP contribution is -2.26. The average molecular weight is 429 g/mol. The predicted molar refractivity (Wildman–Crippen MR) is 124 cm³/mol. The molecule has 1 aliphatic carbocycles. The number of nitro groups is 1. The molecule has 162 valence electrons. The predicted octanol–water partition coefficient (Wildman–Crippen LogP) is 5.04. The zero-order valence-corrected chi connectivity index (χ0v) is 17.6. The summed E-state index contributed by atoms with van der Waals surface area (Å²) in [7, 11) is 0. The van der Waals surface area contributed by atoms with Crippen molar-refractivity contribution in [2.75, 3.05) is 18.9 Å². The number of alkyl carbamates (subject to hydrolysis) is 1. The Morgan fingerprint density at radius 3 is 2.38 bits per heavy atom. The number of rotatable bonds is 6. The molecule has 3 aromatic rings. The van der Waals surface area contributed by atoms with Gasteiger partial charge < -0.3 is 15.8 Å². The molecule has 0 atom stereocenters. The third-order valence-electron chi connectivity index (χ3n) is 5.60. The van der Waals surface area contributed by atoms with Crippen LogP contribution >= 0.6 is 0 Å². The van der Waals surface area contributed by atoms with Gasteiger partial charge in [0, 0.05) is 18.5 Å². The minimum Gasteiger partial charge on any atom is -0.449 e. The maximum atomic E-state index is 12.2. The van der Waals surface area contributed by atoms with Gasteiger partial charge in [0.2, 0.25) is 0 Å². The molecule has 0 saturated heterocycles. The number of aryl methyl sites for hydroxylation is 1. The second-order valence-electron chi connectivity index (χ2n) is 7.64. The largest absolute Gasteiger partial charge is 0.449 e. The minimum absolute atomic E-state index is 0.00185. The highest BCUT2D eigenvalue weighted by Gasteiger charge is 2.28. The average Bonchev–Trinajstić information content (AvgIpc) is 3.11. The lowest BCUT2D eigenvalue weighted by Gasteiger charge is -2.14. The topological polar surface area (TPSA) is 107 Å². The maximum absolute atomic E-state index is 12.2. The Morgan fingerprint density at radius 1 is 1.12 bits per heavy atom. The van der Waals surface area contributed by atoms with Crippen molar-refractivity contribution < 1.29 is 14.5 Å². The zero-order valence-electron chi connectivity index (χ0n) is 17.6. The van der Waals surface area contributed by atoms with Crippen LogP contribution in [-0.4, -0.2) is 24.2 Å². The van der Waals surface area contributed by atoms with Crippen molar-refractivity contribution >= 4 is 23.5 Å². The summed E-state index contributed by atoms with van der Waals surface area (Å²) >= 11 is 0. The molecule has 1 amide bonds. The number of nitro benzene ring substituents is 1. The molecule has 0 aromatic heterocycles. The van der Waals surface area contributed by atoms with E-state index in [4.69, 9.17) is 10.5 Å². The van der Waals surface area contributed by atoms with Gasteiger partial charge in [-0.1, -0.05) is 60.7 Å². The van der Waals surface area contributed by atoms with E-state index in [2.05, 4.69) is 29.6 Å². The molecule has 32 heavy (non-hydrogen) atoms. The van der Waals surface area contributed by atoms with Gasteiger partial charge in [-0.25, -0.2) is 4.79 Å². The second-order valence-corrected chi connectivity index (χ2v) is 7.64. The van der Waals surface area contributed by atoms with Gasteiger partial charge >= 0.3 is 6.09 Å². The monoisotopic (exact) mass is 429 g/mol. The Hall–Kier alpha value is -4.13. The number of benzene rings is 3. The number of hydrogen-bond acceptors (Lipinski definition) is 5. The van der Waals surface area contributed by atoms with Crippen molar-refractivity contribution in [3.63, 3.8) is 0 Å². The molecule has 3 aromatic carbocycles. The second kappa shape index (κ2) is 8.93. The van der Waals surface area contributed by atoms with Crippen LogP contribution in [0, 0.1) is 17.0 Å². The van der Waals surface area contributed by atoms with E-state index in [9.17, 15) is 14.9 Å². The van der Waals surface area contributed by atoms with E-state index < -0.39 is 11.0 Å². The fourth-order valence-corrected chi connectivity index (χ4v) is 4.04. The van der Waals surface area contributed by atoms with Gasteiger partial charge in [-0.15, -0.1) is 0 Å². The van der Waals surface area contributed by atoms with Crippen molar-refractivity contribution in [2.24, 2.45) is 0 Å². The van der Waals surface area contributed by atoms with Gasteiger partial charge in [-0.05, 0) is 46.4 Å². The molecule has 0 saturated carbocycles. The van der Waals surface area contributed by atoms with Crippen molar-refractivity contribution in [1.29, 1.82) is 0 Å². The number of nitrogens with two attached hydrogens (primary N) is 1. The van der Waals surface area contributed by atoms with Gasteiger partial charge in [0.05, 0.1) is 4.92 Å². The Kier molecular flexibility index (Phi) is 5.89. The molecular formula is C25H23N3O4. The molecule has 0 radical (unpaired) electrons. The van der Waals surface area contributed by atoms with Crippen molar-refractivity contribution in [2.45, 2.75) is 12.8 Å². The highest BCUT2D eigenvalue weighted by Crippen LogP contribution is 2.44. The number of carbonyl (C=O) groups is 1. The van der Waals surface area contributed by atoms with E-state index in [0.29, 0.717) is 11.1 Å². The third kappa shape index (κ3) is 4.18.